The lowest BCUT2D eigenvalue weighted by molar-refractivity contribution is -0.119. The number of carbonyl (C=O) groups is 1. The summed E-state index contributed by atoms with van der Waals surface area (Å²) in [7, 11) is -3.62. The van der Waals surface area contributed by atoms with Gasteiger partial charge in [-0.15, -0.1) is 0 Å². The summed E-state index contributed by atoms with van der Waals surface area (Å²) in [6.07, 6.45) is 6.04. The summed E-state index contributed by atoms with van der Waals surface area (Å²) in [6, 6.07) is 4.21. The topological polar surface area (TPSA) is 93.1 Å². The molecule has 3 rings (SSSR count). The number of anilines is 1. The molecular weight excluding hydrogens is 347 g/mol. The Morgan fingerprint density at radius 2 is 2.08 bits per heavy atom. The molecule has 1 aromatic heterocycles. The Kier molecular flexibility index (Phi) is 4.61. The lowest BCUT2D eigenvalue weighted by Crippen LogP contribution is -2.55. The van der Waals surface area contributed by atoms with Crippen LogP contribution in [-0.4, -0.2) is 48.0 Å². The van der Waals surface area contributed by atoms with Gasteiger partial charge in [-0.3, -0.25) is 4.79 Å². The van der Waals surface area contributed by atoms with E-state index in [0.29, 0.717) is 13.1 Å². The molecule has 0 atom stereocenters. The zero-order chi connectivity index (χ0) is 18.1. The van der Waals surface area contributed by atoms with Crippen molar-refractivity contribution in [1.29, 1.82) is 0 Å². The van der Waals surface area contributed by atoms with Gasteiger partial charge in [-0.1, -0.05) is 0 Å². The molecule has 9 heteroatoms. The molecule has 1 aliphatic rings. The lowest BCUT2D eigenvalue weighted by atomic mass is 9.95. The van der Waals surface area contributed by atoms with Gasteiger partial charge in [0.15, 0.2) is 14.6 Å². The highest BCUT2D eigenvalue weighted by atomic mass is 32.2. The first-order valence-electron chi connectivity index (χ1n) is 7.83. The van der Waals surface area contributed by atoms with Crippen molar-refractivity contribution in [2.24, 2.45) is 0 Å². The molecule has 0 radical (unpaired) electrons. The highest BCUT2D eigenvalue weighted by Crippen LogP contribution is 2.30. The highest BCUT2D eigenvalue weighted by molar-refractivity contribution is 7.92. The van der Waals surface area contributed by atoms with Crippen LogP contribution < -0.4 is 10.6 Å². The van der Waals surface area contributed by atoms with E-state index in [9.17, 15) is 17.6 Å². The third-order valence-corrected chi connectivity index (χ3v) is 6.54. The van der Waals surface area contributed by atoms with Gasteiger partial charge in [-0.2, -0.15) is 0 Å². The van der Waals surface area contributed by atoms with E-state index in [0.717, 1.165) is 6.26 Å². The van der Waals surface area contributed by atoms with Gasteiger partial charge in [0.1, 0.15) is 5.82 Å². The number of aromatic nitrogens is 2. The molecule has 2 N–H and O–H groups in total. The maximum atomic E-state index is 14.3. The highest BCUT2D eigenvalue weighted by Gasteiger charge is 2.48. The SMILES string of the molecule is CS(=O)(=O)C1(C(=O)Nc2ccc(-n3ccnc3)c(F)c2)CCNCC1. The first-order valence-corrected chi connectivity index (χ1v) is 9.72. The largest absolute Gasteiger partial charge is 0.325 e. The van der Waals surface area contributed by atoms with Crippen LogP contribution in [0.3, 0.4) is 0 Å². The van der Waals surface area contributed by atoms with Crippen molar-refractivity contribution in [3.05, 3.63) is 42.7 Å². The van der Waals surface area contributed by atoms with E-state index < -0.39 is 26.3 Å². The second-order valence-electron chi connectivity index (χ2n) is 6.11. The molecule has 1 aromatic carbocycles. The van der Waals surface area contributed by atoms with Gasteiger partial charge in [-0.05, 0) is 44.1 Å². The van der Waals surface area contributed by atoms with Crippen LogP contribution in [0.5, 0.6) is 0 Å². The van der Waals surface area contributed by atoms with E-state index in [4.69, 9.17) is 0 Å². The molecular formula is C16H19FN4O3S. The molecule has 1 aliphatic heterocycles. The summed E-state index contributed by atoms with van der Waals surface area (Å²) in [5.41, 5.74) is 0.503. The van der Waals surface area contributed by atoms with Gasteiger partial charge < -0.3 is 15.2 Å². The fourth-order valence-electron chi connectivity index (χ4n) is 3.04. The summed E-state index contributed by atoms with van der Waals surface area (Å²) in [5, 5.41) is 5.61. The zero-order valence-electron chi connectivity index (χ0n) is 13.7. The Labute approximate surface area is 145 Å². The van der Waals surface area contributed by atoms with Crippen LogP contribution in [0.4, 0.5) is 10.1 Å². The molecule has 7 nitrogen and oxygen atoms in total. The molecule has 1 amide bonds. The standard InChI is InChI=1S/C16H19FN4O3S/c1-25(23,24)16(4-6-18-7-5-16)15(22)20-12-2-3-14(13(17)10-12)21-9-8-19-11-21/h2-3,8-11,18H,4-7H2,1H3,(H,20,22). The number of hydrogen-bond acceptors (Lipinski definition) is 5. The van der Waals surface area contributed by atoms with Crippen LogP contribution in [0.25, 0.3) is 5.69 Å². The maximum absolute atomic E-state index is 14.3. The molecule has 25 heavy (non-hydrogen) atoms. The number of imidazole rings is 1. The zero-order valence-corrected chi connectivity index (χ0v) is 14.5. The van der Waals surface area contributed by atoms with Crippen LogP contribution in [0, 0.1) is 5.82 Å². The molecule has 0 bridgehead atoms. The van der Waals surface area contributed by atoms with Crippen molar-refractivity contribution in [3.8, 4) is 5.69 Å². The molecule has 0 aliphatic carbocycles. The smallest absolute Gasteiger partial charge is 0.245 e. The minimum absolute atomic E-state index is 0.188. The van der Waals surface area contributed by atoms with Crippen LogP contribution >= 0.6 is 0 Å². The van der Waals surface area contributed by atoms with E-state index in [2.05, 4.69) is 15.6 Å². The number of amides is 1. The van der Waals surface area contributed by atoms with E-state index >= 15 is 0 Å². The third-order valence-electron chi connectivity index (χ3n) is 4.52. The van der Waals surface area contributed by atoms with E-state index in [1.165, 1.54) is 35.3 Å². The fraction of sp³-hybridized carbons (Fsp3) is 0.375. The molecule has 0 spiro atoms. The maximum Gasteiger partial charge on any atom is 0.245 e. The van der Waals surface area contributed by atoms with Crippen molar-refractivity contribution < 1.29 is 17.6 Å². The first kappa shape index (κ1) is 17.6. The van der Waals surface area contributed by atoms with Gasteiger partial charge in [0, 0.05) is 24.3 Å². The monoisotopic (exact) mass is 366 g/mol. The summed E-state index contributed by atoms with van der Waals surface area (Å²) >= 11 is 0. The Morgan fingerprint density at radius 3 is 2.64 bits per heavy atom. The fourth-order valence-corrected chi connectivity index (χ4v) is 4.37. The number of rotatable bonds is 4. The third kappa shape index (κ3) is 3.29. The number of nitrogens with zero attached hydrogens (tertiary/aromatic N) is 2. The molecule has 2 heterocycles. The van der Waals surface area contributed by atoms with Crippen molar-refractivity contribution in [3.63, 3.8) is 0 Å². The second-order valence-corrected chi connectivity index (χ2v) is 8.43. The number of halogens is 1. The number of benzene rings is 1. The number of piperidine rings is 1. The molecule has 0 unspecified atom stereocenters. The predicted octanol–water partition coefficient (Wildman–Crippen LogP) is 1.12. The van der Waals surface area contributed by atoms with E-state index in [1.807, 2.05) is 0 Å². The molecule has 1 saturated heterocycles. The van der Waals surface area contributed by atoms with Gasteiger partial charge >= 0.3 is 0 Å². The molecule has 0 saturated carbocycles. The van der Waals surface area contributed by atoms with Crippen molar-refractivity contribution in [2.75, 3.05) is 24.7 Å². The van der Waals surface area contributed by atoms with E-state index in [1.54, 1.807) is 6.20 Å². The Balaban J connectivity index is 1.86. The Morgan fingerprint density at radius 1 is 1.36 bits per heavy atom. The van der Waals surface area contributed by atoms with Gasteiger partial charge in [0.25, 0.3) is 0 Å². The Hall–Kier alpha value is -2.26. The van der Waals surface area contributed by atoms with Crippen molar-refractivity contribution in [1.82, 2.24) is 14.9 Å². The van der Waals surface area contributed by atoms with Crippen molar-refractivity contribution in [2.45, 2.75) is 17.6 Å². The first-order chi connectivity index (χ1) is 11.8. The number of sulfone groups is 1. The summed E-state index contributed by atoms with van der Waals surface area (Å²) < 4.78 is 38.8. The van der Waals surface area contributed by atoms with Gasteiger partial charge in [0.2, 0.25) is 5.91 Å². The average Bonchev–Trinajstić information content (AvgIpc) is 3.08. The van der Waals surface area contributed by atoms with Crippen LogP contribution in [0.2, 0.25) is 0 Å². The summed E-state index contributed by atoms with van der Waals surface area (Å²) in [5.74, 6) is -1.17. The lowest BCUT2D eigenvalue weighted by Gasteiger charge is -2.34. The van der Waals surface area contributed by atoms with Gasteiger partial charge in [-0.25, -0.2) is 17.8 Å². The normalized spacial score (nSPS) is 17.2. The second kappa shape index (κ2) is 6.57. The number of carbonyl (C=O) groups excluding carboxylic acids is 1. The predicted molar refractivity (Wildman–Crippen MR) is 91.8 cm³/mol. The Bertz CT molecular complexity index is 875. The summed E-state index contributed by atoms with van der Waals surface area (Å²) in [4.78, 5) is 16.6. The van der Waals surface area contributed by atoms with Crippen LogP contribution in [0.15, 0.2) is 36.9 Å². The molecule has 1 fully saturated rings. The van der Waals surface area contributed by atoms with E-state index in [-0.39, 0.29) is 24.2 Å². The van der Waals surface area contributed by atoms with Crippen molar-refractivity contribution >= 4 is 21.4 Å². The quantitative estimate of drug-likeness (QED) is 0.846. The minimum atomic E-state index is -3.62. The number of hydrogen-bond donors (Lipinski definition) is 2. The molecule has 134 valence electrons. The number of nitrogens with one attached hydrogen (secondary N) is 2. The van der Waals surface area contributed by atoms with Gasteiger partial charge in [0.05, 0.1) is 12.0 Å². The van der Waals surface area contributed by atoms with Crippen LogP contribution in [-0.2, 0) is 14.6 Å². The average molecular weight is 366 g/mol. The van der Waals surface area contributed by atoms with Crippen LogP contribution in [0.1, 0.15) is 12.8 Å². The molecule has 2 aromatic rings. The summed E-state index contributed by atoms with van der Waals surface area (Å²) in [6.45, 7) is 0.878. The minimum Gasteiger partial charge on any atom is -0.325 e.